The second kappa shape index (κ2) is 16.6. The first-order valence-electron chi connectivity index (χ1n) is 17.4. The molecule has 0 aliphatic carbocycles. The predicted molar refractivity (Wildman–Crippen MR) is 203 cm³/mol. The molecule has 0 saturated carbocycles. The molecule has 59 heavy (non-hydrogen) atoms. The molecular formula is C29H40N11O16P3. The summed E-state index contributed by atoms with van der Waals surface area (Å²) in [6.45, 7) is -0.621. The number of hydrogen-bond donors (Lipinski definition) is 8. The summed E-state index contributed by atoms with van der Waals surface area (Å²) >= 11 is 0. The zero-order valence-corrected chi connectivity index (χ0v) is 33.7. The van der Waals surface area contributed by atoms with Crippen molar-refractivity contribution in [3.05, 3.63) is 56.9 Å². The fraction of sp³-hybridized carbons (Fsp3) is 0.483. The maximum absolute atomic E-state index is 12.9. The van der Waals surface area contributed by atoms with Crippen LogP contribution in [0, 0.1) is 0 Å². The predicted octanol–water partition coefficient (Wildman–Crippen LogP) is -0.467. The number of imidazole rings is 1. The summed E-state index contributed by atoms with van der Waals surface area (Å²) in [4.78, 5) is 77.9. The van der Waals surface area contributed by atoms with Crippen LogP contribution < -0.4 is 37.1 Å². The minimum absolute atomic E-state index is 0.0197. The molecule has 3 aliphatic rings. The molecule has 5 unspecified atom stereocenters. The smallest absolute Gasteiger partial charge is 0.490 e. The van der Waals surface area contributed by atoms with Gasteiger partial charge in [0.2, 0.25) is 11.9 Å². The average Bonchev–Trinajstić information content (AvgIpc) is 3.83. The Balaban J connectivity index is 0.968. The van der Waals surface area contributed by atoms with Gasteiger partial charge in [-0.15, -0.1) is 0 Å². The Hall–Kier alpha value is -4.30. The van der Waals surface area contributed by atoms with Crippen LogP contribution in [0.1, 0.15) is 18.2 Å². The lowest BCUT2D eigenvalue weighted by molar-refractivity contribution is -0.103. The lowest BCUT2D eigenvalue weighted by Crippen LogP contribution is -2.55. The summed E-state index contributed by atoms with van der Waals surface area (Å²) in [7, 11) is -13.7. The van der Waals surface area contributed by atoms with Crippen LogP contribution in [0.25, 0.3) is 11.2 Å². The standard InChI is InChI=1S/C29H40N11O16P3/c1-37-14-40(24-22(37)26(43)36-29(31)34-24)20-10-38(8-15-3-5-16(50-2)6-4-15)9-18(53-20)12-52-58(46,47)56-59(48,49)55-57(44,45)51-11-17-7-19(41)27(54-17)39-13-32-21-23(39)33-28(30)35-25(21)42/h3-6,13,17-20,27,41H,7-12,14H2,1-2H3,(H,44,45)(H,46,47)(H,48,49)(H3,30,33,35,42)(H3,31,34,36,43)/t17?,18-,19+,20+,27?/m0/s1. The van der Waals surface area contributed by atoms with Crippen LogP contribution in [0.2, 0.25) is 0 Å². The van der Waals surface area contributed by atoms with E-state index in [4.69, 9.17) is 34.7 Å². The Bertz CT molecular complexity index is 2450. The Morgan fingerprint density at radius 1 is 0.898 bits per heavy atom. The third kappa shape index (κ3) is 9.85. The van der Waals surface area contributed by atoms with Gasteiger partial charge in [-0.25, -0.2) is 18.7 Å². The van der Waals surface area contributed by atoms with Crippen molar-refractivity contribution >= 4 is 58.0 Å². The van der Waals surface area contributed by atoms with Crippen molar-refractivity contribution in [3.8, 4) is 5.75 Å². The molecule has 0 spiro atoms. The molecule has 6 heterocycles. The van der Waals surface area contributed by atoms with E-state index in [0.29, 0.717) is 12.3 Å². The van der Waals surface area contributed by atoms with Gasteiger partial charge in [-0.3, -0.25) is 38.1 Å². The topological polar surface area (TPSA) is 368 Å². The molecule has 8 atom stereocenters. The third-order valence-electron chi connectivity index (χ3n) is 9.20. The number of hydrogen-bond acceptors (Lipinski definition) is 21. The number of aliphatic hydroxyl groups excluding tert-OH is 1. The number of aliphatic hydroxyl groups is 1. The number of nitrogens with zero attached hydrogens (tertiary/aromatic N) is 7. The number of methoxy groups -OCH3 is 1. The van der Waals surface area contributed by atoms with Gasteiger partial charge >= 0.3 is 23.5 Å². The van der Waals surface area contributed by atoms with E-state index in [2.05, 4.69) is 33.5 Å². The third-order valence-corrected chi connectivity index (χ3v) is 13.5. The number of aromatic amines is 2. The number of nitrogens with one attached hydrogen (secondary N) is 2. The number of rotatable bonds is 15. The SMILES string of the molecule is COc1ccc(CN2C[C@@H](COP(=O)(O)OP(=O)(O)OP(=O)(O)OCC3C[C@@H](O)C(n4cnc5c(=O)[nH]c(N)nc54)O3)O[C@@H](N3CN(C)c4c3nc(N)[nH]c4=O)C2)cc1. The fourth-order valence-electron chi connectivity index (χ4n) is 6.78. The summed E-state index contributed by atoms with van der Waals surface area (Å²) in [5, 5.41) is 10.6. The van der Waals surface area contributed by atoms with E-state index in [-0.39, 0.29) is 60.7 Å². The van der Waals surface area contributed by atoms with Crippen LogP contribution >= 0.6 is 23.5 Å². The van der Waals surface area contributed by atoms with Gasteiger partial charge in [0, 0.05) is 33.1 Å². The summed E-state index contributed by atoms with van der Waals surface area (Å²) in [6.07, 6.45) is -4.44. The highest BCUT2D eigenvalue weighted by atomic mass is 31.3. The Morgan fingerprint density at radius 2 is 1.54 bits per heavy atom. The Morgan fingerprint density at radius 3 is 2.22 bits per heavy atom. The van der Waals surface area contributed by atoms with E-state index in [1.54, 1.807) is 29.0 Å². The zero-order chi connectivity index (χ0) is 42.4. The van der Waals surface area contributed by atoms with Gasteiger partial charge in [-0.2, -0.15) is 18.6 Å². The molecule has 0 amide bonds. The fourth-order valence-corrected chi connectivity index (χ4v) is 10.3. The van der Waals surface area contributed by atoms with Crippen LogP contribution in [0.15, 0.2) is 40.2 Å². The molecule has 2 fully saturated rings. The molecule has 3 aliphatic heterocycles. The van der Waals surface area contributed by atoms with Crippen LogP contribution in [0.4, 0.5) is 23.4 Å². The van der Waals surface area contributed by atoms with Crippen molar-refractivity contribution in [2.75, 3.05) is 68.4 Å². The first-order valence-corrected chi connectivity index (χ1v) is 21.9. The number of phosphoric ester groups is 2. The Kier molecular flexibility index (Phi) is 12.1. The molecule has 0 bridgehead atoms. The van der Waals surface area contributed by atoms with Crippen LogP contribution in [0.3, 0.4) is 0 Å². The number of nitrogen functional groups attached to an aromatic ring is 2. The molecule has 0 radical (unpaired) electrons. The molecule has 1 aromatic carbocycles. The summed E-state index contributed by atoms with van der Waals surface area (Å²) in [6, 6.07) is 7.24. The number of phosphoric acid groups is 3. The van der Waals surface area contributed by atoms with E-state index < -0.39 is 78.6 Å². The van der Waals surface area contributed by atoms with Crippen molar-refractivity contribution in [2.24, 2.45) is 0 Å². The van der Waals surface area contributed by atoms with E-state index >= 15 is 0 Å². The van der Waals surface area contributed by atoms with Gasteiger partial charge in [0.1, 0.15) is 23.8 Å². The first-order chi connectivity index (χ1) is 27.8. The number of anilines is 4. The number of ether oxygens (including phenoxy) is 3. The van der Waals surface area contributed by atoms with E-state index in [1.165, 1.54) is 11.7 Å². The zero-order valence-electron chi connectivity index (χ0n) is 31.0. The highest BCUT2D eigenvalue weighted by Gasteiger charge is 2.45. The first kappa shape index (κ1) is 42.8. The van der Waals surface area contributed by atoms with Crippen molar-refractivity contribution < 1.29 is 65.4 Å². The maximum atomic E-state index is 12.9. The maximum Gasteiger partial charge on any atom is 0.490 e. The van der Waals surface area contributed by atoms with E-state index in [9.17, 15) is 43.1 Å². The summed E-state index contributed by atoms with van der Waals surface area (Å²) in [5.74, 6) is 0.514. The molecule has 3 aromatic heterocycles. The van der Waals surface area contributed by atoms with E-state index in [0.717, 1.165) is 11.9 Å². The largest absolute Gasteiger partial charge is 0.497 e. The van der Waals surface area contributed by atoms with Gasteiger partial charge < -0.3 is 55.3 Å². The number of H-pyrrole nitrogens is 2. The average molecular weight is 892 g/mol. The molecule has 4 aromatic rings. The van der Waals surface area contributed by atoms with E-state index in [1.807, 2.05) is 17.0 Å². The highest BCUT2D eigenvalue weighted by molar-refractivity contribution is 7.66. The quantitative estimate of drug-likeness (QED) is 0.0699. The minimum Gasteiger partial charge on any atom is -0.497 e. The van der Waals surface area contributed by atoms with Crippen molar-refractivity contribution in [1.82, 2.24) is 34.4 Å². The number of morpholine rings is 1. The van der Waals surface area contributed by atoms with Gasteiger partial charge in [0.05, 0.1) is 45.5 Å². The minimum atomic E-state index is -5.87. The number of benzene rings is 1. The monoisotopic (exact) mass is 891 g/mol. The molecule has 10 N–H and O–H groups in total. The normalized spacial score (nSPS) is 25.4. The molecule has 322 valence electrons. The summed E-state index contributed by atoms with van der Waals surface area (Å²) < 4.78 is 75.0. The van der Waals surface area contributed by atoms with Gasteiger partial charge in [0.25, 0.3) is 11.1 Å². The van der Waals surface area contributed by atoms with Gasteiger partial charge in [0.15, 0.2) is 23.2 Å². The van der Waals surface area contributed by atoms with Crippen molar-refractivity contribution in [2.45, 2.75) is 43.7 Å². The molecule has 30 heteroatoms. The van der Waals surface area contributed by atoms with Crippen molar-refractivity contribution in [1.29, 1.82) is 0 Å². The Labute approximate surface area is 332 Å². The molecule has 7 rings (SSSR count). The molecule has 27 nitrogen and oxygen atoms in total. The van der Waals surface area contributed by atoms with Crippen LogP contribution in [0.5, 0.6) is 5.75 Å². The molecule has 2 saturated heterocycles. The lowest BCUT2D eigenvalue weighted by Gasteiger charge is -2.42. The van der Waals surface area contributed by atoms with Crippen LogP contribution in [-0.2, 0) is 47.4 Å². The van der Waals surface area contributed by atoms with Crippen molar-refractivity contribution in [3.63, 3.8) is 0 Å². The second-order valence-electron chi connectivity index (χ2n) is 13.6. The van der Waals surface area contributed by atoms with Gasteiger partial charge in [-0.05, 0) is 17.7 Å². The number of fused-ring (bicyclic) bond motifs is 2. The highest BCUT2D eigenvalue weighted by Crippen LogP contribution is 2.67. The molecular weight excluding hydrogens is 851 g/mol. The van der Waals surface area contributed by atoms with Crippen LogP contribution in [-0.4, -0.2) is 126 Å². The second-order valence-corrected chi connectivity index (χ2v) is 18.2. The number of aromatic nitrogens is 6. The number of nitrogens with two attached hydrogens (primary N) is 2. The van der Waals surface area contributed by atoms with Gasteiger partial charge in [-0.1, -0.05) is 12.1 Å². The summed E-state index contributed by atoms with van der Waals surface area (Å²) in [5.41, 5.74) is 11.3. The lowest BCUT2D eigenvalue weighted by atomic mass is 10.1.